The summed E-state index contributed by atoms with van der Waals surface area (Å²) < 4.78 is 1.82. The molecule has 1 N–H and O–H groups in total. The van der Waals surface area contributed by atoms with Crippen LogP contribution in [0.15, 0.2) is 18.3 Å². The van der Waals surface area contributed by atoms with Crippen LogP contribution in [0.2, 0.25) is 0 Å². The second kappa shape index (κ2) is 4.31. The maximum absolute atomic E-state index is 10.9. The number of carboxylic acid groups (broad SMARTS) is 1. The van der Waals surface area contributed by atoms with E-state index in [-0.39, 0.29) is 6.04 Å². The normalized spacial score (nSPS) is 13.1. The number of hydrogen-bond acceptors (Lipinski definition) is 1. The molecule has 0 aliphatic heterocycles. The van der Waals surface area contributed by atoms with E-state index in [2.05, 4.69) is 13.8 Å². The molecule has 0 spiro atoms. The van der Waals surface area contributed by atoms with Gasteiger partial charge in [-0.3, -0.25) is 0 Å². The van der Waals surface area contributed by atoms with Gasteiger partial charge < -0.3 is 9.67 Å². The first-order valence-electron chi connectivity index (χ1n) is 4.92. The van der Waals surface area contributed by atoms with E-state index < -0.39 is 5.97 Å². The first-order chi connectivity index (χ1) is 6.52. The zero-order valence-corrected chi connectivity index (χ0v) is 8.90. The third kappa shape index (κ3) is 2.37. The zero-order valence-electron chi connectivity index (χ0n) is 8.90. The molecule has 78 valence electrons. The third-order valence-corrected chi connectivity index (χ3v) is 2.29. The van der Waals surface area contributed by atoms with E-state index in [1.807, 2.05) is 17.7 Å². The summed E-state index contributed by atoms with van der Waals surface area (Å²) in [5.41, 5.74) is 0.373. The van der Waals surface area contributed by atoms with E-state index in [0.29, 0.717) is 11.6 Å². The predicted octanol–water partition coefficient (Wildman–Crippen LogP) is 2.79. The van der Waals surface area contributed by atoms with Gasteiger partial charge in [0.2, 0.25) is 0 Å². The Labute approximate surface area is 84.4 Å². The first-order valence-corrected chi connectivity index (χ1v) is 4.92. The van der Waals surface area contributed by atoms with Crippen molar-refractivity contribution < 1.29 is 9.90 Å². The monoisotopic (exact) mass is 195 g/mol. The molecule has 3 heteroatoms. The summed E-state index contributed by atoms with van der Waals surface area (Å²) in [6, 6.07) is 3.66. The van der Waals surface area contributed by atoms with Crippen molar-refractivity contribution in [2.75, 3.05) is 0 Å². The summed E-state index contributed by atoms with van der Waals surface area (Å²) in [7, 11) is 0. The molecule has 0 amide bonds. The number of hydrogen-bond donors (Lipinski definition) is 1. The third-order valence-electron chi connectivity index (χ3n) is 2.29. The Morgan fingerprint density at radius 3 is 2.64 bits per heavy atom. The molecule has 0 radical (unpaired) electrons. The van der Waals surface area contributed by atoms with E-state index in [1.54, 1.807) is 12.1 Å². The Hall–Kier alpha value is -1.25. The van der Waals surface area contributed by atoms with Crippen LogP contribution in [-0.4, -0.2) is 15.6 Å². The first kappa shape index (κ1) is 10.8. The lowest BCUT2D eigenvalue weighted by Gasteiger charge is -2.17. The summed E-state index contributed by atoms with van der Waals surface area (Å²) >= 11 is 0. The maximum atomic E-state index is 10.9. The summed E-state index contributed by atoms with van der Waals surface area (Å²) in [5.74, 6) is -0.278. The lowest BCUT2D eigenvalue weighted by molar-refractivity contribution is 0.0682. The Morgan fingerprint density at radius 2 is 2.14 bits per heavy atom. The molecule has 0 aromatic carbocycles. The van der Waals surface area contributed by atoms with E-state index in [9.17, 15) is 4.79 Å². The number of carboxylic acids is 1. The van der Waals surface area contributed by atoms with Crippen molar-refractivity contribution in [2.24, 2.45) is 5.92 Å². The van der Waals surface area contributed by atoms with Gasteiger partial charge in [0.05, 0.1) is 0 Å². The van der Waals surface area contributed by atoms with Crippen LogP contribution >= 0.6 is 0 Å². The molecule has 1 aromatic rings. The zero-order chi connectivity index (χ0) is 10.7. The molecule has 14 heavy (non-hydrogen) atoms. The predicted molar refractivity (Wildman–Crippen MR) is 55.6 cm³/mol. The van der Waals surface area contributed by atoms with E-state index >= 15 is 0 Å². The highest BCUT2D eigenvalue weighted by Gasteiger charge is 2.14. The van der Waals surface area contributed by atoms with Crippen molar-refractivity contribution in [1.82, 2.24) is 4.57 Å². The molecule has 0 saturated heterocycles. The fourth-order valence-corrected chi connectivity index (χ4v) is 1.76. The Morgan fingerprint density at radius 1 is 1.50 bits per heavy atom. The summed E-state index contributed by atoms with van der Waals surface area (Å²) in [6.45, 7) is 6.33. The lowest BCUT2D eigenvalue weighted by Crippen LogP contribution is -2.13. The van der Waals surface area contributed by atoms with Crippen LogP contribution in [0, 0.1) is 5.92 Å². The van der Waals surface area contributed by atoms with Gasteiger partial charge in [-0.1, -0.05) is 13.8 Å². The van der Waals surface area contributed by atoms with Crippen LogP contribution in [0.25, 0.3) is 0 Å². The number of aromatic carboxylic acids is 1. The minimum atomic E-state index is -0.856. The Balaban J connectivity index is 2.84. The number of aromatic nitrogens is 1. The minimum absolute atomic E-state index is 0.246. The summed E-state index contributed by atoms with van der Waals surface area (Å²) in [4.78, 5) is 10.9. The average molecular weight is 195 g/mol. The van der Waals surface area contributed by atoms with Gasteiger partial charge in [-0.25, -0.2) is 4.79 Å². The van der Waals surface area contributed by atoms with E-state index in [4.69, 9.17) is 5.11 Å². The molecule has 1 heterocycles. The SMILES string of the molecule is CC(C)CC(C)n1cccc1C(=O)O. The van der Waals surface area contributed by atoms with Crippen LogP contribution in [-0.2, 0) is 0 Å². The highest BCUT2D eigenvalue weighted by molar-refractivity contribution is 5.85. The van der Waals surface area contributed by atoms with Crippen LogP contribution in [0.4, 0.5) is 0 Å². The highest BCUT2D eigenvalue weighted by atomic mass is 16.4. The van der Waals surface area contributed by atoms with Crippen LogP contribution in [0.5, 0.6) is 0 Å². The summed E-state index contributed by atoms with van der Waals surface area (Å²) in [5, 5.41) is 8.92. The fourth-order valence-electron chi connectivity index (χ4n) is 1.76. The summed E-state index contributed by atoms with van der Waals surface area (Å²) in [6.07, 6.45) is 2.82. The number of rotatable bonds is 4. The van der Waals surface area contributed by atoms with Gasteiger partial charge in [0.1, 0.15) is 5.69 Å². The minimum Gasteiger partial charge on any atom is -0.477 e. The molecule has 0 bridgehead atoms. The maximum Gasteiger partial charge on any atom is 0.352 e. The second-order valence-corrected chi connectivity index (χ2v) is 4.08. The molecule has 0 fully saturated rings. The smallest absolute Gasteiger partial charge is 0.352 e. The molecule has 0 aliphatic carbocycles. The van der Waals surface area contributed by atoms with Crippen molar-refractivity contribution in [3.63, 3.8) is 0 Å². The van der Waals surface area contributed by atoms with Gasteiger partial charge in [0, 0.05) is 12.2 Å². The fraction of sp³-hybridized carbons (Fsp3) is 0.545. The molecule has 1 aromatic heterocycles. The lowest BCUT2D eigenvalue weighted by atomic mass is 10.1. The Bertz CT molecular complexity index is 315. The molecular weight excluding hydrogens is 178 g/mol. The molecule has 3 nitrogen and oxygen atoms in total. The average Bonchev–Trinajstić information content (AvgIpc) is 2.49. The van der Waals surface area contributed by atoms with Gasteiger partial charge in [-0.2, -0.15) is 0 Å². The van der Waals surface area contributed by atoms with E-state index in [0.717, 1.165) is 6.42 Å². The molecule has 0 aliphatic rings. The van der Waals surface area contributed by atoms with Gasteiger partial charge >= 0.3 is 5.97 Å². The standard InChI is InChI=1S/C11H17NO2/c1-8(2)7-9(3)12-6-4-5-10(12)11(13)14/h4-6,8-9H,7H2,1-3H3,(H,13,14). The highest BCUT2D eigenvalue weighted by Crippen LogP contribution is 2.19. The van der Waals surface area contributed by atoms with Crippen molar-refractivity contribution in [3.8, 4) is 0 Å². The molecule has 0 saturated carbocycles. The van der Waals surface area contributed by atoms with Gasteiger partial charge in [-0.15, -0.1) is 0 Å². The van der Waals surface area contributed by atoms with Crippen LogP contribution in [0.3, 0.4) is 0 Å². The van der Waals surface area contributed by atoms with Crippen LogP contribution in [0.1, 0.15) is 43.7 Å². The molecule has 1 rings (SSSR count). The topological polar surface area (TPSA) is 42.2 Å². The Kier molecular flexibility index (Phi) is 3.33. The van der Waals surface area contributed by atoms with Crippen LogP contribution < -0.4 is 0 Å². The van der Waals surface area contributed by atoms with Crippen molar-refractivity contribution in [1.29, 1.82) is 0 Å². The van der Waals surface area contributed by atoms with Crippen molar-refractivity contribution in [2.45, 2.75) is 33.2 Å². The second-order valence-electron chi connectivity index (χ2n) is 4.08. The largest absolute Gasteiger partial charge is 0.477 e. The number of carbonyl (C=O) groups is 1. The van der Waals surface area contributed by atoms with Crippen molar-refractivity contribution >= 4 is 5.97 Å². The molecule has 1 atom stereocenters. The van der Waals surface area contributed by atoms with Gasteiger partial charge in [-0.05, 0) is 31.4 Å². The van der Waals surface area contributed by atoms with Gasteiger partial charge in [0.15, 0.2) is 0 Å². The molecular formula is C11H17NO2. The quantitative estimate of drug-likeness (QED) is 0.802. The van der Waals surface area contributed by atoms with Gasteiger partial charge in [0.25, 0.3) is 0 Å². The molecule has 1 unspecified atom stereocenters. The number of nitrogens with zero attached hydrogens (tertiary/aromatic N) is 1. The van der Waals surface area contributed by atoms with E-state index in [1.165, 1.54) is 0 Å². The van der Waals surface area contributed by atoms with Crippen molar-refractivity contribution in [3.05, 3.63) is 24.0 Å².